The van der Waals surface area contributed by atoms with Gasteiger partial charge in [0.15, 0.2) is 0 Å². The van der Waals surface area contributed by atoms with Crippen LogP contribution in [0, 0.1) is 0 Å². The lowest BCUT2D eigenvalue weighted by Crippen LogP contribution is -2.23. The van der Waals surface area contributed by atoms with Crippen molar-refractivity contribution < 1.29 is 0 Å². The summed E-state index contributed by atoms with van der Waals surface area (Å²) in [7, 11) is 4.11. The van der Waals surface area contributed by atoms with Crippen molar-refractivity contribution in [3.63, 3.8) is 0 Å². The van der Waals surface area contributed by atoms with Crippen LogP contribution in [0.3, 0.4) is 0 Å². The Labute approximate surface area is 97.8 Å². The first-order valence-corrected chi connectivity index (χ1v) is 5.68. The highest BCUT2D eigenvalue weighted by atomic mass is 79.9. The molecule has 1 unspecified atom stereocenters. The van der Waals surface area contributed by atoms with Crippen molar-refractivity contribution in [3.05, 3.63) is 28.9 Å². The predicted octanol–water partition coefficient (Wildman–Crippen LogP) is 2.88. The molecule has 80 valence electrons. The fraction of sp³-hybridized carbons (Fsp3) is 0.364. The van der Waals surface area contributed by atoms with Crippen LogP contribution < -0.4 is 0 Å². The number of fused-ring (bicyclic) bond motifs is 1. The summed E-state index contributed by atoms with van der Waals surface area (Å²) in [6.07, 6.45) is 2.17. The van der Waals surface area contributed by atoms with Gasteiger partial charge in [0.1, 0.15) is 6.17 Å². The Hall–Kier alpha value is -0.870. The van der Waals surface area contributed by atoms with Crippen LogP contribution in [0.5, 0.6) is 0 Å². The third-order valence-corrected chi connectivity index (χ3v) is 3.15. The van der Waals surface area contributed by atoms with Crippen LogP contribution in [0.25, 0.3) is 10.9 Å². The van der Waals surface area contributed by atoms with Crippen LogP contribution in [-0.4, -0.2) is 28.8 Å². The molecule has 1 atom stereocenters. The summed E-state index contributed by atoms with van der Waals surface area (Å²) >= 11 is 3.46. The molecule has 0 radical (unpaired) electrons. The molecule has 0 aliphatic carbocycles. The van der Waals surface area contributed by atoms with Gasteiger partial charge in [0, 0.05) is 9.86 Å². The largest absolute Gasteiger partial charge is 0.288 e. The molecular formula is C11H14BrN3. The third-order valence-electron chi connectivity index (χ3n) is 2.66. The van der Waals surface area contributed by atoms with Crippen LogP contribution in [0.1, 0.15) is 13.1 Å². The minimum atomic E-state index is 0.267. The third kappa shape index (κ3) is 1.92. The second-order valence-electron chi connectivity index (χ2n) is 3.89. The molecular weight excluding hydrogens is 254 g/mol. The molecule has 1 heterocycles. The topological polar surface area (TPSA) is 21.1 Å². The van der Waals surface area contributed by atoms with Crippen molar-refractivity contribution in [2.75, 3.05) is 14.1 Å². The van der Waals surface area contributed by atoms with Gasteiger partial charge in [-0.2, -0.15) is 5.10 Å². The van der Waals surface area contributed by atoms with E-state index in [-0.39, 0.29) is 6.17 Å². The van der Waals surface area contributed by atoms with Gasteiger partial charge in [-0.15, -0.1) is 0 Å². The predicted molar refractivity (Wildman–Crippen MR) is 65.8 cm³/mol. The van der Waals surface area contributed by atoms with E-state index in [0.29, 0.717) is 0 Å². The van der Waals surface area contributed by atoms with Crippen molar-refractivity contribution in [1.29, 1.82) is 0 Å². The highest BCUT2D eigenvalue weighted by Gasteiger charge is 2.11. The minimum absolute atomic E-state index is 0.267. The zero-order valence-electron chi connectivity index (χ0n) is 9.11. The van der Waals surface area contributed by atoms with Crippen LogP contribution >= 0.6 is 15.9 Å². The molecule has 0 saturated carbocycles. The number of hydrogen-bond acceptors (Lipinski definition) is 2. The Morgan fingerprint density at radius 2 is 2.13 bits per heavy atom. The molecule has 0 N–H and O–H groups in total. The normalized spacial score (nSPS) is 13.7. The Morgan fingerprint density at radius 1 is 1.40 bits per heavy atom. The van der Waals surface area contributed by atoms with E-state index in [1.807, 2.05) is 16.9 Å². The van der Waals surface area contributed by atoms with Gasteiger partial charge in [0.25, 0.3) is 0 Å². The molecule has 0 aliphatic rings. The fourth-order valence-electron chi connectivity index (χ4n) is 1.54. The van der Waals surface area contributed by atoms with Gasteiger partial charge in [0.2, 0.25) is 0 Å². The van der Waals surface area contributed by atoms with E-state index in [4.69, 9.17) is 0 Å². The maximum atomic E-state index is 4.41. The van der Waals surface area contributed by atoms with Crippen LogP contribution in [0.2, 0.25) is 0 Å². The van der Waals surface area contributed by atoms with Crippen molar-refractivity contribution in [2.45, 2.75) is 13.1 Å². The smallest absolute Gasteiger partial charge is 0.101 e. The number of rotatable bonds is 2. The molecule has 15 heavy (non-hydrogen) atoms. The van der Waals surface area contributed by atoms with Gasteiger partial charge in [0.05, 0.1) is 11.7 Å². The molecule has 0 bridgehead atoms. The van der Waals surface area contributed by atoms with E-state index in [0.717, 1.165) is 9.86 Å². The number of hydrogen-bond donors (Lipinski definition) is 0. The van der Waals surface area contributed by atoms with Crippen molar-refractivity contribution in [1.82, 2.24) is 14.7 Å². The lowest BCUT2D eigenvalue weighted by molar-refractivity contribution is 0.226. The molecule has 2 rings (SSSR count). The molecule has 0 spiro atoms. The van der Waals surface area contributed by atoms with Gasteiger partial charge in [-0.1, -0.05) is 15.9 Å². The molecule has 0 fully saturated rings. The van der Waals surface area contributed by atoms with Crippen LogP contribution in [0.4, 0.5) is 0 Å². The molecule has 0 aliphatic heterocycles. The molecule has 1 aromatic heterocycles. The standard InChI is InChI=1S/C11H14BrN3/c1-8(14(2)3)15-11-5-4-10(12)6-9(11)7-13-15/h4-8H,1-3H3. The summed E-state index contributed by atoms with van der Waals surface area (Å²) in [5.74, 6) is 0. The first kappa shape index (κ1) is 10.6. The lowest BCUT2D eigenvalue weighted by atomic mass is 10.2. The van der Waals surface area contributed by atoms with E-state index in [1.54, 1.807) is 0 Å². The zero-order valence-corrected chi connectivity index (χ0v) is 10.7. The SMILES string of the molecule is CC(N(C)C)n1ncc2cc(Br)ccc21. The van der Waals surface area contributed by atoms with Gasteiger partial charge in [-0.3, -0.25) is 4.90 Å². The number of aromatic nitrogens is 2. The summed E-state index contributed by atoms with van der Waals surface area (Å²) in [5, 5.41) is 5.58. The summed E-state index contributed by atoms with van der Waals surface area (Å²) in [4.78, 5) is 2.13. The summed E-state index contributed by atoms with van der Waals surface area (Å²) in [6.45, 7) is 2.13. The van der Waals surface area contributed by atoms with E-state index in [9.17, 15) is 0 Å². The number of benzene rings is 1. The first-order chi connectivity index (χ1) is 7.09. The summed E-state index contributed by atoms with van der Waals surface area (Å²) < 4.78 is 3.12. The van der Waals surface area contributed by atoms with E-state index < -0.39 is 0 Å². The Kier molecular flexibility index (Phi) is 2.80. The molecule has 2 aromatic rings. The molecule has 1 aromatic carbocycles. The van der Waals surface area contributed by atoms with Crippen molar-refractivity contribution in [2.24, 2.45) is 0 Å². The average Bonchev–Trinajstić information content (AvgIpc) is 2.59. The summed E-state index contributed by atoms with van der Waals surface area (Å²) in [6, 6.07) is 6.22. The maximum absolute atomic E-state index is 4.41. The lowest BCUT2D eigenvalue weighted by Gasteiger charge is -2.20. The minimum Gasteiger partial charge on any atom is -0.288 e. The molecule has 4 heteroatoms. The van der Waals surface area contributed by atoms with Gasteiger partial charge in [-0.25, -0.2) is 4.68 Å². The average molecular weight is 268 g/mol. The highest BCUT2D eigenvalue weighted by molar-refractivity contribution is 9.10. The van der Waals surface area contributed by atoms with Crippen molar-refractivity contribution >= 4 is 26.8 Å². The number of halogens is 1. The Bertz CT molecular complexity index is 476. The van der Waals surface area contributed by atoms with E-state index >= 15 is 0 Å². The second kappa shape index (κ2) is 3.94. The number of nitrogens with zero attached hydrogens (tertiary/aromatic N) is 3. The highest BCUT2D eigenvalue weighted by Crippen LogP contribution is 2.22. The molecule has 0 saturated heterocycles. The fourth-order valence-corrected chi connectivity index (χ4v) is 1.92. The van der Waals surface area contributed by atoms with Gasteiger partial charge >= 0.3 is 0 Å². The maximum Gasteiger partial charge on any atom is 0.101 e. The Morgan fingerprint density at radius 3 is 2.80 bits per heavy atom. The van der Waals surface area contributed by atoms with E-state index in [1.165, 1.54) is 5.52 Å². The van der Waals surface area contributed by atoms with Crippen LogP contribution in [-0.2, 0) is 0 Å². The second-order valence-corrected chi connectivity index (χ2v) is 4.80. The quantitative estimate of drug-likeness (QED) is 0.835. The van der Waals surface area contributed by atoms with E-state index in [2.05, 4.69) is 59.1 Å². The van der Waals surface area contributed by atoms with Crippen molar-refractivity contribution in [3.8, 4) is 0 Å². The van der Waals surface area contributed by atoms with Gasteiger partial charge in [-0.05, 0) is 39.2 Å². The zero-order chi connectivity index (χ0) is 11.0. The summed E-state index contributed by atoms with van der Waals surface area (Å²) in [5.41, 5.74) is 1.17. The van der Waals surface area contributed by atoms with Crippen LogP contribution in [0.15, 0.2) is 28.9 Å². The molecule has 0 amide bonds. The van der Waals surface area contributed by atoms with Gasteiger partial charge < -0.3 is 0 Å². The molecule has 3 nitrogen and oxygen atoms in total. The Balaban J connectivity index is 2.54. The monoisotopic (exact) mass is 267 g/mol. The first-order valence-electron chi connectivity index (χ1n) is 4.89.